The van der Waals surface area contributed by atoms with Crippen molar-refractivity contribution in [2.75, 3.05) is 24.5 Å². The lowest BCUT2D eigenvalue weighted by Gasteiger charge is -2.43. The molecule has 18 heavy (non-hydrogen) atoms. The Balaban J connectivity index is 1.77. The van der Waals surface area contributed by atoms with Crippen LogP contribution in [-0.4, -0.2) is 41.6 Å². The monoisotopic (exact) mass is 309 g/mol. The lowest BCUT2D eigenvalue weighted by molar-refractivity contribution is 0.202. The van der Waals surface area contributed by atoms with Crippen LogP contribution >= 0.6 is 15.9 Å². The van der Waals surface area contributed by atoms with E-state index in [-0.39, 0.29) is 0 Å². The number of rotatable bonds is 2. The molecule has 2 saturated heterocycles. The molecule has 0 aromatic carbocycles. The first-order valence-corrected chi connectivity index (χ1v) is 7.91. The summed E-state index contributed by atoms with van der Waals surface area (Å²) in [4.78, 5) is 9.74. The molecule has 2 atom stereocenters. The van der Waals surface area contributed by atoms with Crippen LogP contribution < -0.4 is 4.90 Å². The maximum atomic E-state index is 4.62. The molecule has 1 aromatic rings. The van der Waals surface area contributed by atoms with E-state index >= 15 is 0 Å². The largest absolute Gasteiger partial charge is 0.351 e. The van der Waals surface area contributed by atoms with E-state index in [1.54, 1.807) is 0 Å². The first-order valence-electron chi connectivity index (χ1n) is 6.79. The van der Waals surface area contributed by atoms with Gasteiger partial charge in [-0.1, -0.05) is 22.0 Å². The highest BCUT2D eigenvalue weighted by Crippen LogP contribution is 2.27. The van der Waals surface area contributed by atoms with E-state index in [0.29, 0.717) is 6.04 Å². The minimum Gasteiger partial charge on any atom is -0.351 e. The van der Waals surface area contributed by atoms with Crippen LogP contribution in [-0.2, 0) is 5.33 Å². The molecule has 4 heteroatoms. The number of piperazine rings is 1. The van der Waals surface area contributed by atoms with Crippen LogP contribution in [0.4, 0.5) is 5.82 Å². The molecule has 2 fully saturated rings. The van der Waals surface area contributed by atoms with E-state index in [4.69, 9.17) is 0 Å². The van der Waals surface area contributed by atoms with Gasteiger partial charge < -0.3 is 4.90 Å². The second kappa shape index (κ2) is 5.17. The summed E-state index contributed by atoms with van der Waals surface area (Å²) < 4.78 is 0. The van der Waals surface area contributed by atoms with Crippen molar-refractivity contribution in [1.29, 1.82) is 0 Å². The van der Waals surface area contributed by atoms with Crippen LogP contribution in [0.25, 0.3) is 0 Å². The van der Waals surface area contributed by atoms with Crippen molar-refractivity contribution >= 4 is 21.7 Å². The Morgan fingerprint density at radius 2 is 2.28 bits per heavy atom. The first-order chi connectivity index (χ1) is 8.78. The highest BCUT2D eigenvalue weighted by Gasteiger charge is 2.34. The van der Waals surface area contributed by atoms with Gasteiger partial charge in [0.05, 0.1) is 0 Å². The van der Waals surface area contributed by atoms with E-state index in [0.717, 1.165) is 23.7 Å². The summed E-state index contributed by atoms with van der Waals surface area (Å²) in [7, 11) is 0. The Hall–Kier alpha value is -0.610. The zero-order chi connectivity index (χ0) is 12.5. The number of hydrogen-bond donors (Lipinski definition) is 0. The van der Waals surface area contributed by atoms with Crippen LogP contribution in [0.2, 0.25) is 0 Å². The SMILES string of the molecule is CC1CN2CCCC2CN1c1ccc(CBr)cn1. The molecule has 2 aliphatic rings. The third-order valence-electron chi connectivity index (χ3n) is 4.20. The third kappa shape index (κ3) is 2.28. The summed E-state index contributed by atoms with van der Waals surface area (Å²) in [5.74, 6) is 1.14. The van der Waals surface area contributed by atoms with Crippen LogP contribution in [0.1, 0.15) is 25.3 Å². The minimum absolute atomic E-state index is 0.571. The molecule has 3 heterocycles. The van der Waals surface area contributed by atoms with E-state index in [1.165, 1.54) is 31.5 Å². The zero-order valence-electron chi connectivity index (χ0n) is 10.8. The summed E-state index contributed by atoms with van der Waals surface area (Å²) in [5.41, 5.74) is 1.24. The number of halogens is 1. The first kappa shape index (κ1) is 12.4. The topological polar surface area (TPSA) is 19.4 Å². The molecule has 2 unspecified atom stereocenters. The molecule has 0 aliphatic carbocycles. The average molecular weight is 310 g/mol. The van der Waals surface area contributed by atoms with Crippen molar-refractivity contribution in [3.05, 3.63) is 23.9 Å². The van der Waals surface area contributed by atoms with Gasteiger partial charge in [-0.25, -0.2) is 4.98 Å². The molecule has 0 spiro atoms. The van der Waals surface area contributed by atoms with Crippen molar-refractivity contribution < 1.29 is 0 Å². The van der Waals surface area contributed by atoms with Crippen molar-refractivity contribution in [1.82, 2.24) is 9.88 Å². The van der Waals surface area contributed by atoms with Crippen LogP contribution in [0.3, 0.4) is 0 Å². The Morgan fingerprint density at radius 3 is 3.00 bits per heavy atom. The van der Waals surface area contributed by atoms with Gasteiger partial charge in [-0.2, -0.15) is 0 Å². The number of aromatic nitrogens is 1. The lowest BCUT2D eigenvalue weighted by atomic mass is 10.1. The van der Waals surface area contributed by atoms with E-state index < -0.39 is 0 Å². The standard InChI is InChI=1S/C14H20BrN3/c1-11-9-17-6-2-3-13(17)10-18(11)14-5-4-12(7-15)8-16-14/h4-5,8,11,13H,2-3,6-7,9-10H2,1H3. The maximum absolute atomic E-state index is 4.62. The summed E-state index contributed by atoms with van der Waals surface area (Å²) in [6.45, 7) is 5.93. The smallest absolute Gasteiger partial charge is 0.128 e. The van der Waals surface area contributed by atoms with E-state index in [1.807, 2.05) is 6.20 Å². The number of alkyl halides is 1. The Kier molecular flexibility index (Phi) is 3.57. The predicted octanol–water partition coefficient (Wildman–Crippen LogP) is 2.65. The predicted molar refractivity (Wildman–Crippen MR) is 78.3 cm³/mol. The molecule has 0 bridgehead atoms. The molecule has 98 valence electrons. The zero-order valence-corrected chi connectivity index (χ0v) is 12.4. The number of nitrogens with zero attached hydrogens (tertiary/aromatic N) is 3. The quantitative estimate of drug-likeness (QED) is 0.783. The van der Waals surface area contributed by atoms with E-state index in [2.05, 4.69) is 49.8 Å². The second-order valence-electron chi connectivity index (χ2n) is 5.45. The van der Waals surface area contributed by atoms with Gasteiger partial charge in [0.15, 0.2) is 0 Å². The molecule has 3 rings (SSSR count). The molecule has 0 amide bonds. The lowest BCUT2D eigenvalue weighted by Crippen LogP contribution is -2.55. The minimum atomic E-state index is 0.571. The molecule has 3 nitrogen and oxygen atoms in total. The summed E-state index contributed by atoms with van der Waals surface area (Å²) in [6.07, 6.45) is 4.70. The number of anilines is 1. The molecule has 0 radical (unpaired) electrons. The van der Waals surface area contributed by atoms with Gasteiger partial charge in [-0.05, 0) is 37.9 Å². The summed E-state index contributed by atoms with van der Waals surface area (Å²) in [6, 6.07) is 5.66. The maximum Gasteiger partial charge on any atom is 0.128 e. The number of hydrogen-bond acceptors (Lipinski definition) is 3. The molecule has 0 N–H and O–H groups in total. The fourth-order valence-corrected chi connectivity index (χ4v) is 3.50. The Morgan fingerprint density at radius 1 is 1.39 bits per heavy atom. The Labute approximate surface area is 117 Å². The molecule has 2 aliphatic heterocycles. The van der Waals surface area contributed by atoms with Crippen LogP contribution in [0, 0.1) is 0 Å². The van der Waals surface area contributed by atoms with Crippen LogP contribution in [0.15, 0.2) is 18.3 Å². The van der Waals surface area contributed by atoms with Gasteiger partial charge in [0.1, 0.15) is 5.82 Å². The molecule has 0 saturated carbocycles. The second-order valence-corrected chi connectivity index (χ2v) is 6.01. The van der Waals surface area contributed by atoms with Gasteiger partial charge in [0.2, 0.25) is 0 Å². The van der Waals surface area contributed by atoms with Gasteiger partial charge in [-0.15, -0.1) is 0 Å². The summed E-state index contributed by atoms with van der Waals surface area (Å²) in [5, 5.41) is 0.881. The Bertz CT molecular complexity index is 406. The van der Waals surface area contributed by atoms with Crippen molar-refractivity contribution in [3.63, 3.8) is 0 Å². The molecular formula is C14H20BrN3. The number of pyridine rings is 1. The van der Waals surface area contributed by atoms with Gasteiger partial charge in [0.25, 0.3) is 0 Å². The molecular weight excluding hydrogens is 290 g/mol. The van der Waals surface area contributed by atoms with Crippen molar-refractivity contribution in [2.24, 2.45) is 0 Å². The van der Waals surface area contributed by atoms with Crippen molar-refractivity contribution in [3.8, 4) is 0 Å². The normalized spacial score (nSPS) is 28.4. The average Bonchev–Trinajstić information content (AvgIpc) is 2.85. The van der Waals surface area contributed by atoms with Gasteiger partial charge in [0, 0.05) is 36.7 Å². The molecule has 1 aromatic heterocycles. The fraction of sp³-hybridized carbons (Fsp3) is 0.643. The number of fused-ring (bicyclic) bond motifs is 1. The van der Waals surface area contributed by atoms with Gasteiger partial charge in [-0.3, -0.25) is 4.90 Å². The highest BCUT2D eigenvalue weighted by molar-refractivity contribution is 9.08. The van der Waals surface area contributed by atoms with Crippen LogP contribution in [0.5, 0.6) is 0 Å². The third-order valence-corrected chi connectivity index (χ3v) is 4.84. The van der Waals surface area contributed by atoms with Crippen molar-refractivity contribution in [2.45, 2.75) is 37.2 Å². The fourth-order valence-electron chi connectivity index (χ4n) is 3.17. The summed E-state index contributed by atoms with van der Waals surface area (Å²) >= 11 is 3.47. The van der Waals surface area contributed by atoms with E-state index in [9.17, 15) is 0 Å². The highest BCUT2D eigenvalue weighted by atomic mass is 79.9. The van der Waals surface area contributed by atoms with Gasteiger partial charge >= 0.3 is 0 Å².